The number of fused-ring (bicyclic) bond motifs is 1. The van der Waals surface area contributed by atoms with Crippen molar-refractivity contribution in [2.24, 2.45) is 7.05 Å². The number of hydrogen-bond acceptors (Lipinski definition) is 1. The Morgan fingerprint density at radius 1 is 1.12 bits per heavy atom. The maximum absolute atomic E-state index is 12.7. The molecule has 3 rings (SSSR count). The van der Waals surface area contributed by atoms with Gasteiger partial charge in [-0.15, -0.1) is 11.6 Å². The van der Waals surface area contributed by atoms with Crippen LogP contribution in [0.25, 0.3) is 22.0 Å². The van der Waals surface area contributed by atoms with Gasteiger partial charge in [-0.2, -0.15) is 0 Å². The van der Waals surface area contributed by atoms with E-state index < -0.39 is 0 Å². The molecule has 1 N–H and O–H groups in total. The molecule has 3 aromatic rings. The van der Waals surface area contributed by atoms with Gasteiger partial charge in [-0.05, 0) is 24.1 Å². The molecule has 0 saturated heterocycles. The van der Waals surface area contributed by atoms with Crippen molar-refractivity contribution >= 4 is 39.9 Å². The summed E-state index contributed by atoms with van der Waals surface area (Å²) >= 11 is 11.9. The highest BCUT2D eigenvalue weighted by molar-refractivity contribution is 6.31. The van der Waals surface area contributed by atoms with E-state index in [0.717, 1.165) is 28.5 Å². The predicted octanol–water partition coefficient (Wildman–Crippen LogP) is 4.86. The van der Waals surface area contributed by atoms with Crippen LogP contribution in [0.4, 0.5) is 0 Å². The zero-order valence-corrected chi connectivity index (χ0v) is 14.9. The number of hydrogen-bond donors (Lipinski definition) is 1. The van der Waals surface area contributed by atoms with Crippen LogP contribution >= 0.6 is 23.2 Å². The van der Waals surface area contributed by atoms with E-state index in [1.165, 1.54) is 0 Å². The van der Waals surface area contributed by atoms with Crippen LogP contribution in [0.1, 0.15) is 16.9 Å². The van der Waals surface area contributed by atoms with Crippen molar-refractivity contribution in [2.45, 2.75) is 6.42 Å². The Bertz CT molecular complexity index is 872. The van der Waals surface area contributed by atoms with Crippen LogP contribution in [0.5, 0.6) is 0 Å². The lowest BCUT2D eigenvalue weighted by molar-refractivity contribution is 0.0947. The Hall–Kier alpha value is -1.97. The van der Waals surface area contributed by atoms with E-state index in [0.29, 0.717) is 23.1 Å². The SMILES string of the molecule is Cn1c(C(=O)NCCCCl)c2ccc(Cl)cc2c1-c1ccccc1. The molecule has 2 aromatic carbocycles. The van der Waals surface area contributed by atoms with Gasteiger partial charge in [0.2, 0.25) is 0 Å². The van der Waals surface area contributed by atoms with E-state index >= 15 is 0 Å². The molecular formula is C19H18Cl2N2O. The Kier molecular flexibility index (Phi) is 5.12. The molecule has 0 aliphatic carbocycles. The number of alkyl halides is 1. The Morgan fingerprint density at radius 2 is 1.88 bits per heavy atom. The van der Waals surface area contributed by atoms with Gasteiger partial charge in [0.15, 0.2) is 0 Å². The second-order valence-corrected chi connectivity index (χ2v) is 6.42. The van der Waals surface area contributed by atoms with Crippen molar-refractivity contribution in [1.82, 2.24) is 9.88 Å². The summed E-state index contributed by atoms with van der Waals surface area (Å²) < 4.78 is 1.94. The molecular weight excluding hydrogens is 343 g/mol. The fourth-order valence-electron chi connectivity index (χ4n) is 2.96. The van der Waals surface area contributed by atoms with Crippen LogP contribution in [0.3, 0.4) is 0 Å². The standard InChI is InChI=1S/C19H18Cl2N2O/c1-23-17(13-6-3-2-4-7-13)16-12-14(21)8-9-15(16)18(23)19(24)22-11-5-10-20/h2-4,6-9,12H,5,10-11H2,1H3,(H,22,24). The molecule has 5 heteroatoms. The van der Waals surface area contributed by atoms with Gasteiger partial charge in [0.25, 0.3) is 5.91 Å². The molecule has 0 atom stereocenters. The lowest BCUT2D eigenvalue weighted by Gasteiger charge is -2.09. The van der Waals surface area contributed by atoms with Crippen molar-refractivity contribution < 1.29 is 4.79 Å². The van der Waals surface area contributed by atoms with Gasteiger partial charge < -0.3 is 9.88 Å². The van der Waals surface area contributed by atoms with Gasteiger partial charge >= 0.3 is 0 Å². The molecule has 0 aliphatic heterocycles. The normalized spacial score (nSPS) is 11.0. The number of halogens is 2. The molecule has 124 valence electrons. The molecule has 1 heterocycles. The topological polar surface area (TPSA) is 34.0 Å². The number of rotatable bonds is 5. The lowest BCUT2D eigenvalue weighted by Crippen LogP contribution is -2.26. The summed E-state index contributed by atoms with van der Waals surface area (Å²) in [5.74, 6) is 0.427. The van der Waals surface area contributed by atoms with Crippen LogP contribution in [-0.2, 0) is 7.05 Å². The zero-order valence-electron chi connectivity index (χ0n) is 13.4. The minimum absolute atomic E-state index is 0.0999. The average Bonchev–Trinajstić information content (AvgIpc) is 2.87. The summed E-state index contributed by atoms with van der Waals surface area (Å²) in [5.41, 5.74) is 2.66. The minimum atomic E-state index is -0.0999. The smallest absolute Gasteiger partial charge is 0.268 e. The second-order valence-electron chi connectivity index (χ2n) is 5.61. The summed E-state index contributed by atoms with van der Waals surface area (Å²) in [4.78, 5) is 12.7. The molecule has 3 nitrogen and oxygen atoms in total. The Balaban J connectivity index is 2.17. The van der Waals surface area contributed by atoms with Crippen molar-refractivity contribution in [3.8, 4) is 11.3 Å². The van der Waals surface area contributed by atoms with Gasteiger partial charge in [0, 0.05) is 35.3 Å². The monoisotopic (exact) mass is 360 g/mol. The van der Waals surface area contributed by atoms with E-state index in [2.05, 4.69) is 5.32 Å². The summed E-state index contributed by atoms with van der Waals surface area (Å²) in [7, 11) is 1.91. The van der Waals surface area contributed by atoms with E-state index in [4.69, 9.17) is 23.2 Å². The average molecular weight is 361 g/mol. The minimum Gasteiger partial charge on any atom is -0.351 e. The number of amides is 1. The highest BCUT2D eigenvalue weighted by Crippen LogP contribution is 2.34. The summed E-state index contributed by atoms with van der Waals surface area (Å²) in [5, 5.41) is 5.45. The van der Waals surface area contributed by atoms with E-state index in [1.807, 2.05) is 60.1 Å². The fraction of sp³-hybridized carbons (Fsp3) is 0.211. The first-order valence-electron chi connectivity index (χ1n) is 7.81. The first-order chi connectivity index (χ1) is 11.6. The summed E-state index contributed by atoms with van der Waals surface area (Å²) in [6.07, 6.45) is 0.743. The fourth-order valence-corrected chi connectivity index (χ4v) is 3.27. The first kappa shape index (κ1) is 16.9. The van der Waals surface area contributed by atoms with Crippen LogP contribution in [-0.4, -0.2) is 22.9 Å². The number of carbonyl (C=O) groups excluding carboxylic acids is 1. The van der Waals surface area contributed by atoms with Crippen LogP contribution in [0.2, 0.25) is 5.02 Å². The van der Waals surface area contributed by atoms with Gasteiger partial charge in [-0.3, -0.25) is 4.79 Å². The number of carbonyl (C=O) groups is 1. The maximum atomic E-state index is 12.7. The first-order valence-corrected chi connectivity index (χ1v) is 8.72. The van der Waals surface area contributed by atoms with Crippen molar-refractivity contribution in [1.29, 1.82) is 0 Å². The highest BCUT2D eigenvalue weighted by Gasteiger charge is 2.20. The van der Waals surface area contributed by atoms with E-state index in [1.54, 1.807) is 0 Å². The maximum Gasteiger partial charge on any atom is 0.268 e. The molecule has 1 amide bonds. The van der Waals surface area contributed by atoms with Crippen LogP contribution in [0, 0.1) is 0 Å². The van der Waals surface area contributed by atoms with Gasteiger partial charge in [0.1, 0.15) is 5.69 Å². The third-order valence-electron chi connectivity index (χ3n) is 4.02. The molecule has 24 heavy (non-hydrogen) atoms. The predicted molar refractivity (Wildman–Crippen MR) is 101 cm³/mol. The molecule has 0 saturated carbocycles. The number of nitrogens with one attached hydrogen (secondary N) is 1. The largest absolute Gasteiger partial charge is 0.351 e. The van der Waals surface area contributed by atoms with Gasteiger partial charge in [-0.25, -0.2) is 0 Å². The third-order valence-corrected chi connectivity index (χ3v) is 4.52. The molecule has 0 unspecified atom stereocenters. The van der Waals surface area contributed by atoms with Gasteiger partial charge in [0.05, 0.1) is 5.69 Å². The molecule has 0 aliphatic rings. The molecule has 0 bridgehead atoms. The van der Waals surface area contributed by atoms with Crippen molar-refractivity contribution in [3.63, 3.8) is 0 Å². The van der Waals surface area contributed by atoms with Crippen LogP contribution in [0.15, 0.2) is 48.5 Å². The molecule has 0 spiro atoms. The highest BCUT2D eigenvalue weighted by atomic mass is 35.5. The number of nitrogens with zero attached hydrogens (tertiary/aromatic N) is 1. The van der Waals surface area contributed by atoms with Gasteiger partial charge in [-0.1, -0.05) is 48.0 Å². The zero-order chi connectivity index (χ0) is 17.1. The quantitative estimate of drug-likeness (QED) is 0.511. The molecule has 0 fully saturated rings. The lowest BCUT2D eigenvalue weighted by atomic mass is 10.1. The van der Waals surface area contributed by atoms with Crippen molar-refractivity contribution in [2.75, 3.05) is 12.4 Å². The number of benzene rings is 2. The van der Waals surface area contributed by atoms with E-state index in [-0.39, 0.29) is 5.91 Å². The van der Waals surface area contributed by atoms with Crippen molar-refractivity contribution in [3.05, 3.63) is 59.2 Å². The van der Waals surface area contributed by atoms with Crippen LogP contribution < -0.4 is 5.32 Å². The Morgan fingerprint density at radius 3 is 2.58 bits per heavy atom. The number of aromatic nitrogens is 1. The molecule has 1 aromatic heterocycles. The summed E-state index contributed by atoms with van der Waals surface area (Å²) in [6.45, 7) is 0.559. The molecule has 0 radical (unpaired) electrons. The second kappa shape index (κ2) is 7.29. The summed E-state index contributed by atoms with van der Waals surface area (Å²) in [6, 6.07) is 15.6. The third kappa shape index (κ3) is 3.14. The Labute approximate surface area is 151 Å². The van der Waals surface area contributed by atoms with E-state index in [9.17, 15) is 4.79 Å².